The van der Waals surface area contributed by atoms with Gasteiger partial charge in [0.15, 0.2) is 0 Å². The van der Waals surface area contributed by atoms with E-state index in [0.29, 0.717) is 6.42 Å². The van der Waals surface area contributed by atoms with Crippen molar-refractivity contribution in [1.29, 1.82) is 0 Å². The SMILES string of the molecule is C[C@H](NC(=O)C[C@H]1CC[C@@H](NC(=O)C2CC2)[C@H](CO)O1)c1ccccc1. The van der Waals surface area contributed by atoms with Crippen LogP contribution in [0.5, 0.6) is 0 Å². The molecule has 2 aliphatic rings. The quantitative estimate of drug-likeness (QED) is 0.690. The number of carbonyl (C=O) groups excluding carboxylic acids is 2. The van der Waals surface area contributed by atoms with Crippen LogP contribution in [0, 0.1) is 5.92 Å². The molecule has 1 saturated heterocycles. The Morgan fingerprint density at radius 2 is 1.92 bits per heavy atom. The van der Waals surface area contributed by atoms with Gasteiger partial charge in [-0.1, -0.05) is 30.3 Å². The molecule has 0 aromatic heterocycles. The summed E-state index contributed by atoms with van der Waals surface area (Å²) in [5.41, 5.74) is 1.06. The van der Waals surface area contributed by atoms with Gasteiger partial charge in [0.2, 0.25) is 11.8 Å². The molecule has 26 heavy (non-hydrogen) atoms. The van der Waals surface area contributed by atoms with E-state index in [2.05, 4.69) is 10.6 Å². The van der Waals surface area contributed by atoms with Crippen LogP contribution in [0.3, 0.4) is 0 Å². The van der Waals surface area contributed by atoms with Gasteiger partial charge in [-0.25, -0.2) is 0 Å². The fourth-order valence-corrected chi connectivity index (χ4v) is 3.43. The third kappa shape index (κ3) is 5.05. The van der Waals surface area contributed by atoms with E-state index in [1.54, 1.807) is 0 Å². The van der Waals surface area contributed by atoms with Crippen molar-refractivity contribution in [2.24, 2.45) is 5.92 Å². The van der Waals surface area contributed by atoms with E-state index in [4.69, 9.17) is 4.74 Å². The summed E-state index contributed by atoms with van der Waals surface area (Å²) in [6.45, 7) is 1.79. The molecule has 0 radical (unpaired) electrons. The predicted octanol–water partition coefficient (Wildman–Crippen LogP) is 1.69. The number of amides is 2. The lowest BCUT2D eigenvalue weighted by atomic mass is 9.96. The highest BCUT2D eigenvalue weighted by Gasteiger charge is 2.36. The van der Waals surface area contributed by atoms with Crippen molar-refractivity contribution >= 4 is 11.8 Å². The largest absolute Gasteiger partial charge is 0.394 e. The van der Waals surface area contributed by atoms with E-state index in [-0.39, 0.29) is 48.9 Å². The van der Waals surface area contributed by atoms with E-state index in [1.807, 2.05) is 37.3 Å². The minimum absolute atomic E-state index is 0.0601. The average Bonchev–Trinajstić information content (AvgIpc) is 3.48. The molecule has 6 nitrogen and oxygen atoms in total. The van der Waals surface area contributed by atoms with Crippen molar-refractivity contribution in [3.05, 3.63) is 35.9 Å². The molecule has 1 aromatic rings. The number of rotatable bonds is 7. The molecule has 3 N–H and O–H groups in total. The fraction of sp³-hybridized carbons (Fsp3) is 0.600. The predicted molar refractivity (Wildman–Crippen MR) is 97.3 cm³/mol. The maximum Gasteiger partial charge on any atom is 0.223 e. The smallest absolute Gasteiger partial charge is 0.223 e. The van der Waals surface area contributed by atoms with Crippen LogP contribution in [-0.4, -0.2) is 41.8 Å². The molecule has 0 unspecified atom stereocenters. The third-order valence-electron chi connectivity index (χ3n) is 5.16. The Morgan fingerprint density at radius 1 is 1.19 bits per heavy atom. The second-order valence-corrected chi connectivity index (χ2v) is 7.35. The van der Waals surface area contributed by atoms with Crippen LogP contribution in [0.15, 0.2) is 30.3 Å². The van der Waals surface area contributed by atoms with Gasteiger partial charge in [0.1, 0.15) is 6.10 Å². The van der Waals surface area contributed by atoms with Gasteiger partial charge < -0.3 is 20.5 Å². The zero-order valence-electron chi connectivity index (χ0n) is 15.2. The molecule has 0 spiro atoms. The first-order chi connectivity index (χ1) is 12.6. The minimum atomic E-state index is -0.448. The first-order valence-electron chi connectivity index (χ1n) is 9.47. The minimum Gasteiger partial charge on any atom is -0.394 e. The zero-order chi connectivity index (χ0) is 18.5. The molecular formula is C20H28N2O4. The molecule has 3 rings (SSSR count). The van der Waals surface area contributed by atoms with Crippen molar-refractivity contribution in [2.75, 3.05) is 6.61 Å². The van der Waals surface area contributed by atoms with Crippen LogP contribution in [0.2, 0.25) is 0 Å². The number of hydrogen-bond donors (Lipinski definition) is 3. The topological polar surface area (TPSA) is 87.7 Å². The molecule has 2 fully saturated rings. The molecule has 2 amide bonds. The molecule has 6 heteroatoms. The van der Waals surface area contributed by atoms with Gasteiger partial charge in [-0.05, 0) is 38.2 Å². The van der Waals surface area contributed by atoms with Gasteiger partial charge in [0.25, 0.3) is 0 Å². The average molecular weight is 360 g/mol. The molecule has 1 aliphatic carbocycles. The highest BCUT2D eigenvalue weighted by atomic mass is 16.5. The van der Waals surface area contributed by atoms with Gasteiger partial charge in [-0.2, -0.15) is 0 Å². The van der Waals surface area contributed by atoms with Gasteiger partial charge in [-0.3, -0.25) is 9.59 Å². The number of nitrogens with one attached hydrogen (secondary N) is 2. The van der Waals surface area contributed by atoms with E-state index in [9.17, 15) is 14.7 Å². The summed E-state index contributed by atoms with van der Waals surface area (Å²) >= 11 is 0. The second-order valence-electron chi connectivity index (χ2n) is 7.35. The van der Waals surface area contributed by atoms with Gasteiger partial charge in [0.05, 0.1) is 31.2 Å². The number of benzene rings is 1. The Bertz CT molecular complexity index is 617. The van der Waals surface area contributed by atoms with Gasteiger partial charge >= 0.3 is 0 Å². The Labute approximate surface area is 154 Å². The summed E-state index contributed by atoms with van der Waals surface area (Å²) in [6.07, 6.45) is 2.89. The van der Waals surface area contributed by atoms with Crippen molar-refractivity contribution in [1.82, 2.24) is 10.6 Å². The van der Waals surface area contributed by atoms with Crippen molar-refractivity contribution in [3.8, 4) is 0 Å². The van der Waals surface area contributed by atoms with Crippen molar-refractivity contribution < 1.29 is 19.4 Å². The van der Waals surface area contributed by atoms with E-state index in [1.165, 1.54) is 0 Å². The maximum atomic E-state index is 12.3. The first kappa shape index (κ1) is 18.9. The third-order valence-corrected chi connectivity index (χ3v) is 5.16. The fourth-order valence-electron chi connectivity index (χ4n) is 3.43. The number of ether oxygens (including phenoxy) is 1. The lowest BCUT2D eigenvalue weighted by molar-refractivity contribution is -0.136. The standard InChI is InChI=1S/C20H28N2O4/c1-13(14-5-3-2-4-6-14)21-19(24)11-16-9-10-17(18(12-23)26-16)22-20(25)15-7-8-15/h2-6,13,15-18,23H,7-12H2,1H3,(H,21,24)(H,22,25)/t13-,16+,17+,18-/m0/s1. The highest BCUT2D eigenvalue weighted by Crippen LogP contribution is 2.30. The van der Waals surface area contributed by atoms with Crippen LogP contribution in [-0.2, 0) is 14.3 Å². The molecule has 1 aliphatic heterocycles. The molecule has 0 bridgehead atoms. The highest BCUT2D eigenvalue weighted by molar-refractivity contribution is 5.81. The zero-order valence-corrected chi connectivity index (χ0v) is 15.2. The number of aliphatic hydroxyl groups excluding tert-OH is 1. The molecular weight excluding hydrogens is 332 g/mol. The Kier molecular flexibility index (Phi) is 6.27. The summed E-state index contributed by atoms with van der Waals surface area (Å²) in [6, 6.07) is 9.58. The first-order valence-corrected chi connectivity index (χ1v) is 9.47. The van der Waals surface area contributed by atoms with Crippen LogP contribution < -0.4 is 10.6 Å². The lowest BCUT2D eigenvalue weighted by Crippen LogP contribution is -2.51. The molecule has 142 valence electrons. The molecule has 1 saturated carbocycles. The van der Waals surface area contributed by atoms with Crippen molar-refractivity contribution in [3.63, 3.8) is 0 Å². The van der Waals surface area contributed by atoms with Gasteiger partial charge in [-0.15, -0.1) is 0 Å². The number of aliphatic hydroxyl groups is 1. The summed E-state index contributed by atoms with van der Waals surface area (Å²) in [7, 11) is 0. The Balaban J connectivity index is 1.46. The lowest BCUT2D eigenvalue weighted by Gasteiger charge is -2.36. The molecule has 1 aromatic carbocycles. The van der Waals surface area contributed by atoms with Crippen LogP contribution >= 0.6 is 0 Å². The normalized spacial score (nSPS) is 26.8. The van der Waals surface area contributed by atoms with E-state index >= 15 is 0 Å². The summed E-state index contributed by atoms with van der Waals surface area (Å²) in [4.78, 5) is 24.3. The van der Waals surface area contributed by atoms with Crippen LogP contribution in [0.25, 0.3) is 0 Å². The second kappa shape index (κ2) is 8.64. The van der Waals surface area contributed by atoms with Crippen LogP contribution in [0.4, 0.5) is 0 Å². The molecule has 4 atom stereocenters. The summed E-state index contributed by atoms with van der Waals surface area (Å²) in [5, 5.41) is 15.6. The maximum absolute atomic E-state index is 12.3. The number of hydrogen-bond acceptors (Lipinski definition) is 4. The van der Waals surface area contributed by atoms with Gasteiger partial charge in [0, 0.05) is 5.92 Å². The van der Waals surface area contributed by atoms with Crippen molar-refractivity contribution in [2.45, 2.75) is 63.3 Å². The summed E-state index contributed by atoms with van der Waals surface area (Å²) in [5.74, 6) is 0.130. The monoisotopic (exact) mass is 360 g/mol. The summed E-state index contributed by atoms with van der Waals surface area (Å²) < 4.78 is 5.88. The molecule has 1 heterocycles. The Morgan fingerprint density at radius 3 is 2.58 bits per heavy atom. The Hall–Kier alpha value is -1.92. The number of carbonyl (C=O) groups is 2. The van der Waals surface area contributed by atoms with Crippen LogP contribution in [0.1, 0.15) is 50.6 Å². The van der Waals surface area contributed by atoms with E-state index in [0.717, 1.165) is 24.8 Å². The van der Waals surface area contributed by atoms with E-state index < -0.39 is 6.10 Å².